The molecule has 0 fully saturated rings. The van der Waals surface area contributed by atoms with Crippen LogP contribution >= 0.6 is 11.6 Å². The predicted molar refractivity (Wildman–Crippen MR) is 58.9 cm³/mol. The van der Waals surface area contributed by atoms with Gasteiger partial charge in [0.15, 0.2) is 6.29 Å². The second kappa shape index (κ2) is 6.09. The van der Waals surface area contributed by atoms with Crippen molar-refractivity contribution < 1.29 is 14.3 Å². The molecule has 80 valence electrons. The molecule has 3 nitrogen and oxygen atoms in total. The minimum Gasteiger partial charge on any atom is -0.497 e. The SMILES string of the molecule is COc1ccc(OC/C=C/Cl)c(C=O)c1. The van der Waals surface area contributed by atoms with Crippen molar-refractivity contribution in [3.8, 4) is 11.5 Å². The third-order valence-corrected chi connectivity index (χ3v) is 1.95. The Morgan fingerprint density at radius 3 is 2.87 bits per heavy atom. The smallest absolute Gasteiger partial charge is 0.153 e. The fourth-order valence-electron chi connectivity index (χ4n) is 1.05. The summed E-state index contributed by atoms with van der Waals surface area (Å²) in [6.45, 7) is 0.330. The van der Waals surface area contributed by atoms with E-state index in [0.717, 1.165) is 6.29 Å². The van der Waals surface area contributed by atoms with Gasteiger partial charge in [-0.3, -0.25) is 4.79 Å². The molecule has 15 heavy (non-hydrogen) atoms. The molecule has 1 rings (SSSR count). The molecule has 0 bridgehead atoms. The van der Waals surface area contributed by atoms with Gasteiger partial charge in [-0.2, -0.15) is 0 Å². The Morgan fingerprint density at radius 2 is 2.27 bits per heavy atom. The molecule has 0 aliphatic heterocycles. The van der Waals surface area contributed by atoms with Crippen LogP contribution in [0, 0.1) is 0 Å². The molecule has 0 aliphatic carbocycles. The highest BCUT2D eigenvalue weighted by Gasteiger charge is 2.03. The van der Waals surface area contributed by atoms with E-state index < -0.39 is 0 Å². The third kappa shape index (κ3) is 3.29. The van der Waals surface area contributed by atoms with Crippen molar-refractivity contribution in [1.82, 2.24) is 0 Å². The van der Waals surface area contributed by atoms with Gasteiger partial charge in [0.05, 0.1) is 12.7 Å². The van der Waals surface area contributed by atoms with Gasteiger partial charge in [-0.05, 0) is 24.3 Å². The highest BCUT2D eigenvalue weighted by Crippen LogP contribution is 2.22. The first-order valence-electron chi connectivity index (χ1n) is 4.33. The van der Waals surface area contributed by atoms with Gasteiger partial charge in [-0.15, -0.1) is 0 Å². The molecule has 0 saturated heterocycles. The van der Waals surface area contributed by atoms with E-state index in [4.69, 9.17) is 21.1 Å². The number of hydrogen-bond acceptors (Lipinski definition) is 3. The zero-order chi connectivity index (χ0) is 11.1. The molecule has 4 heteroatoms. The second-order valence-corrected chi connectivity index (χ2v) is 2.95. The number of aldehydes is 1. The van der Waals surface area contributed by atoms with E-state index >= 15 is 0 Å². The monoisotopic (exact) mass is 226 g/mol. The molecule has 0 saturated carbocycles. The van der Waals surface area contributed by atoms with Crippen LogP contribution in [0.2, 0.25) is 0 Å². The van der Waals surface area contributed by atoms with Gasteiger partial charge in [0.1, 0.15) is 18.1 Å². The maximum absolute atomic E-state index is 10.7. The maximum Gasteiger partial charge on any atom is 0.153 e. The Hall–Kier alpha value is -1.48. The van der Waals surface area contributed by atoms with Crippen molar-refractivity contribution in [1.29, 1.82) is 0 Å². The number of halogens is 1. The number of carbonyl (C=O) groups excluding carboxylic acids is 1. The van der Waals surface area contributed by atoms with Crippen LogP contribution in [0.3, 0.4) is 0 Å². The molecule has 0 amide bonds. The molecule has 0 radical (unpaired) electrons. The fraction of sp³-hybridized carbons (Fsp3) is 0.182. The Kier molecular flexibility index (Phi) is 4.71. The van der Waals surface area contributed by atoms with Crippen LogP contribution in [0.1, 0.15) is 10.4 Å². The Bertz CT molecular complexity index is 361. The predicted octanol–water partition coefficient (Wildman–Crippen LogP) is 2.64. The molecule has 0 unspecified atom stereocenters. The van der Waals surface area contributed by atoms with Gasteiger partial charge in [-0.25, -0.2) is 0 Å². The summed E-state index contributed by atoms with van der Waals surface area (Å²) in [5.41, 5.74) is 1.82. The summed E-state index contributed by atoms with van der Waals surface area (Å²) in [6, 6.07) is 5.03. The minimum atomic E-state index is 0.330. The van der Waals surface area contributed by atoms with Crippen molar-refractivity contribution in [2.24, 2.45) is 0 Å². The van der Waals surface area contributed by atoms with E-state index in [0.29, 0.717) is 23.7 Å². The molecule has 1 aromatic carbocycles. The number of ether oxygens (including phenoxy) is 2. The van der Waals surface area contributed by atoms with Gasteiger partial charge in [0, 0.05) is 5.54 Å². The average Bonchev–Trinajstić information content (AvgIpc) is 2.29. The molecule has 0 spiro atoms. The highest BCUT2D eigenvalue weighted by molar-refractivity contribution is 6.25. The summed E-state index contributed by atoms with van der Waals surface area (Å²) in [5.74, 6) is 1.14. The van der Waals surface area contributed by atoms with E-state index in [1.54, 1.807) is 31.4 Å². The first-order valence-corrected chi connectivity index (χ1v) is 4.76. The van der Waals surface area contributed by atoms with Crippen LogP contribution in [0.15, 0.2) is 29.8 Å². The topological polar surface area (TPSA) is 35.5 Å². The average molecular weight is 227 g/mol. The molecule has 0 atom stereocenters. The summed E-state index contributed by atoms with van der Waals surface area (Å²) in [6.07, 6.45) is 2.36. The Labute approximate surface area is 93.3 Å². The van der Waals surface area contributed by atoms with Crippen LogP contribution in [-0.4, -0.2) is 20.0 Å². The van der Waals surface area contributed by atoms with Crippen LogP contribution in [0.5, 0.6) is 11.5 Å². The lowest BCUT2D eigenvalue weighted by atomic mass is 10.2. The largest absolute Gasteiger partial charge is 0.497 e. The number of carbonyl (C=O) groups is 1. The van der Waals surface area contributed by atoms with Crippen molar-refractivity contribution >= 4 is 17.9 Å². The van der Waals surface area contributed by atoms with Crippen LogP contribution in [0.4, 0.5) is 0 Å². The maximum atomic E-state index is 10.7. The van der Waals surface area contributed by atoms with Crippen LogP contribution < -0.4 is 9.47 Å². The van der Waals surface area contributed by atoms with E-state index in [1.165, 1.54) is 5.54 Å². The third-order valence-electron chi connectivity index (χ3n) is 1.77. The van der Waals surface area contributed by atoms with Crippen molar-refractivity contribution in [2.45, 2.75) is 0 Å². The highest BCUT2D eigenvalue weighted by atomic mass is 35.5. The number of benzene rings is 1. The normalized spacial score (nSPS) is 10.3. The number of hydrogen-bond donors (Lipinski definition) is 0. The standard InChI is InChI=1S/C11H11ClO3/c1-14-10-3-4-11(9(7-10)8-13)15-6-2-5-12/h2-5,7-8H,6H2,1H3/b5-2+. The molecule has 0 heterocycles. The van der Waals surface area contributed by atoms with Gasteiger partial charge in [-0.1, -0.05) is 11.6 Å². The Morgan fingerprint density at radius 1 is 1.47 bits per heavy atom. The lowest BCUT2D eigenvalue weighted by molar-refractivity contribution is 0.111. The van der Waals surface area contributed by atoms with E-state index in [2.05, 4.69) is 0 Å². The van der Waals surface area contributed by atoms with E-state index in [-0.39, 0.29) is 0 Å². The first kappa shape index (κ1) is 11.6. The summed E-state index contributed by atoms with van der Waals surface area (Å²) in [5, 5.41) is 0. The van der Waals surface area contributed by atoms with Gasteiger partial charge in [0.2, 0.25) is 0 Å². The first-order chi connectivity index (χ1) is 7.31. The van der Waals surface area contributed by atoms with Crippen molar-refractivity contribution in [3.05, 3.63) is 35.4 Å². The molecule has 0 aromatic heterocycles. The lowest BCUT2D eigenvalue weighted by Gasteiger charge is -2.07. The molecular weight excluding hydrogens is 216 g/mol. The van der Waals surface area contributed by atoms with Crippen LogP contribution in [-0.2, 0) is 0 Å². The lowest BCUT2D eigenvalue weighted by Crippen LogP contribution is -1.97. The van der Waals surface area contributed by atoms with Gasteiger partial charge in [0.25, 0.3) is 0 Å². The van der Waals surface area contributed by atoms with Crippen LogP contribution in [0.25, 0.3) is 0 Å². The zero-order valence-corrected chi connectivity index (χ0v) is 9.03. The zero-order valence-electron chi connectivity index (χ0n) is 8.27. The van der Waals surface area contributed by atoms with E-state index in [1.807, 2.05) is 0 Å². The molecule has 0 N–H and O–H groups in total. The second-order valence-electron chi connectivity index (χ2n) is 2.69. The molecule has 0 aliphatic rings. The van der Waals surface area contributed by atoms with Crippen molar-refractivity contribution in [2.75, 3.05) is 13.7 Å². The molecular formula is C11H11ClO3. The molecule has 1 aromatic rings. The quantitative estimate of drug-likeness (QED) is 0.724. The number of rotatable bonds is 5. The van der Waals surface area contributed by atoms with Crippen molar-refractivity contribution in [3.63, 3.8) is 0 Å². The summed E-state index contributed by atoms with van der Waals surface area (Å²) in [4.78, 5) is 10.7. The summed E-state index contributed by atoms with van der Waals surface area (Å²) in [7, 11) is 1.54. The summed E-state index contributed by atoms with van der Waals surface area (Å²) >= 11 is 5.34. The van der Waals surface area contributed by atoms with Gasteiger partial charge < -0.3 is 9.47 Å². The minimum absolute atomic E-state index is 0.330. The van der Waals surface area contributed by atoms with Gasteiger partial charge >= 0.3 is 0 Å². The Balaban J connectivity index is 2.82. The summed E-state index contributed by atoms with van der Waals surface area (Å²) < 4.78 is 10.3. The number of methoxy groups -OCH3 is 1. The van der Waals surface area contributed by atoms with E-state index in [9.17, 15) is 4.79 Å². The fourth-order valence-corrected chi connectivity index (χ4v) is 1.12.